The first kappa shape index (κ1) is 22.5. The summed E-state index contributed by atoms with van der Waals surface area (Å²) < 4.78 is 6.29. The molecule has 1 aromatic heterocycles. The molecule has 6 nitrogen and oxygen atoms in total. The highest BCUT2D eigenvalue weighted by Gasteiger charge is 2.28. The standard InChI is InChI=1S/C24H25NO5S/c1-14(26)16-7-5-15(6-8-16)11-20(23(29)30-24(2,3)4)25-22(28)19-13-31-21-12-17(27)9-10-18(19)21/h5-10,12-13,20,27H,11H2,1-4H3,(H,25,28)/t20-/m0/s1. The van der Waals surface area contributed by atoms with Crippen LogP contribution in [0.15, 0.2) is 47.8 Å². The van der Waals surface area contributed by atoms with E-state index in [9.17, 15) is 19.5 Å². The molecule has 0 bridgehead atoms. The van der Waals surface area contributed by atoms with E-state index in [0.29, 0.717) is 16.5 Å². The van der Waals surface area contributed by atoms with E-state index in [4.69, 9.17) is 4.74 Å². The molecule has 0 saturated heterocycles. The minimum atomic E-state index is -0.901. The lowest BCUT2D eigenvalue weighted by molar-refractivity contribution is -0.157. The maximum absolute atomic E-state index is 13.0. The van der Waals surface area contributed by atoms with Gasteiger partial charge in [-0.2, -0.15) is 0 Å². The van der Waals surface area contributed by atoms with Crippen LogP contribution in [-0.2, 0) is 16.0 Å². The molecule has 1 amide bonds. The number of hydrogen-bond acceptors (Lipinski definition) is 6. The van der Waals surface area contributed by atoms with Gasteiger partial charge in [0.25, 0.3) is 5.91 Å². The number of carbonyl (C=O) groups excluding carboxylic acids is 3. The number of rotatable bonds is 6. The number of thiophene rings is 1. The van der Waals surface area contributed by atoms with Crippen LogP contribution in [0.25, 0.3) is 10.1 Å². The molecule has 31 heavy (non-hydrogen) atoms. The lowest BCUT2D eigenvalue weighted by Crippen LogP contribution is -2.45. The highest BCUT2D eigenvalue weighted by atomic mass is 32.1. The quantitative estimate of drug-likeness (QED) is 0.436. The molecule has 0 radical (unpaired) electrons. The van der Waals surface area contributed by atoms with Gasteiger partial charge >= 0.3 is 5.97 Å². The lowest BCUT2D eigenvalue weighted by Gasteiger charge is -2.24. The van der Waals surface area contributed by atoms with Crippen LogP contribution in [-0.4, -0.2) is 34.4 Å². The highest BCUT2D eigenvalue weighted by molar-refractivity contribution is 7.17. The van der Waals surface area contributed by atoms with E-state index in [2.05, 4.69) is 5.32 Å². The van der Waals surface area contributed by atoms with Crippen LogP contribution in [0.2, 0.25) is 0 Å². The summed E-state index contributed by atoms with van der Waals surface area (Å²) in [5.74, 6) is -0.845. The Hall–Kier alpha value is -3.19. The first-order chi connectivity index (χ1) is 14.5. The van der Waals surface area contributed by atoms with E-state index in [1.54, 1.807) is 62.5 Å². The van der Waals surface area contributed by atoms with Gasteiger partial charge in [-0.15, -0.1) is 11.3 Å². The van der Waals surface area contributed by atoms with Crippen molar-refractivity contribution in [2.24, 2.45) is 0 Å². The number of aromatic hydroxyl groups is 1. The van der Waals surface area contributed by atoms with Crippen molar-refractivity contribution in [1.29, 1.82) is 0 Å². The monoisotopic (exact) mass is 439 g/mol. The second-order valence-electron chi connectivity index (χ2n) is 8.35. The second-order valence-corrected chi connectivity index (χ2v) is 9.26. The predicted molar refractivity (Wildman–Crippen MR) is 121 cm³/mol. The van der Waals surface area contributed by atoms with E-state index in [1.165, 1.54) is 24.3 Å². The summed E-state index contributed by atoms with van der Waals surface area (Å²) in [4.78, 5) is 37.3. The molecule has 2 N–H and O–H groups in total. The molecule has 0 aliphatic rings. The van der Waals surface area contributed by atoms with Gasteiger partial charge in [0.2, 0.25) is 0 Å². The summed E-state index contributed by atoms with van der Waals surface area (Å²) in [7, 11) is 0. The van der Waals surface area contributed by atoms with Gasteiger partial charge in [0.1, 0.15) is 17.4 Å². The Labute approximate surface area is 184 Å². The van der Waals surface area contributed by atoms with Gasteiger partial charge in [-0.05, 0) is 51.5 Å². The second kappa shape index (κ2) is 8.89. The number of ether oxygens (including phenoxy) is 1. The van der Waals surface area contributed by atoms with Gasteiger partial charge in [0, 0.05) is 27.5 Å². The number of esters is 1. The van der Waals surface area contributed by atoms with E-state index < -0.39 is 23.5 Å². The molecular weight excluding hydrogens is 414 g/mol. The van der Waals surface area contributed by atoms with Crippen molar-refractivity contribution in [2.45, 2.75) is 45.8 Å². The number of fused-ring (bicyclic) bond motifs is 1. The Morgan fingerprint density at radius 1 is 1.10 bits per heavy atom. The van der Waals surface area contributed by atoms with Gasteiger partial charge in [0.05, 0.1) is 5.56 Å². The molecule has 0 unspecified atom stereocenters. The fraction of sp³-hybridized carbons (Fsp3) is 0.292. The van der Waals surface area contributed by atoms with Crippen molar-refractivity contribution in [2.75, 3.05) is 0 Å². The normalized spacial score (nSPS) is 12.4. The van der Waals surface area contributed by atoms with Crippen LogP contribution in [0.4, 0.5) is 0 Å². The first-order valence-corrected chi connectivity index (χ1v) is 10.8. The summed E-state index contributed by atoms with van der Waals surface area (Å²) in [5, 5.41) is 14.8. The fourth-order valence-corrected chi connectivity index (χ4v) is 4.08. The van der Waals surface area contributed by atoms with E-state index in [1.807, 2.05) is 0 Å². The van der Waals surface area contributed by atoms with Crippen molar-refractivity contribution in [3.8, 4) is 5.75 Å². The maximum Gasteiger partial charge on any atom is 0.329 e. The van der Waals surface area contributed by atoms with Crippen LogP contribution in [0.3, 0.4) is 0 Å². The lowest BCUT2D eigenvalue weighted by atomic mass is 10.0. The molecule has 3 aromatic rings. The average molecular weight is 440 g/mol. The zero-order valence-corrected chi connectivity index (χ0v) is 18.7. The SMILES string of the molecule is CC(=O)c1ccc(C[C@H](NC(=O)c2csc3cc(O)ccc23)C(=O)OC(C)(C)C)cc1. The molecule has 2 aromatic carbocycles. The Kier molecular flexibility index (Phi) is 6.45. The molecule has 0 spiro atoms. The number of nitrogens with one attached hydrogen (secondary N) is 1. The number of benzene rings is 2. The number of amides is 1. The van der Waals surface area contributed by atoms with E-state index in [0.717, 1.165) is 10.3 Å². The minimum absolute atomic E-state index is 0.0427. The van der Waals surface area contributed by atoms with Crippen LogP contribution in [0.5, 0.6) is 5.75 Å². The van der Waals surface area contributed by atoms with Gasteiger partial charge < -0.3 is 15.2 Å². The van der Waals surface area contributed by atoms with Crippen LogP contribution < -0.4 is 5.32 Å². The first-order valence-electron chi connectivity index (χ1n) is 9.87. The molecule has 3 rings (SSSR count). The predicted octanol–water partition coefficient (Wildman–Crippen LogP) is 4.49. The number of phenols is 1. The Morgan fingerprint density at radius 3 is 2.39 bits per heavy atom. The van der Waals surface area contributed by atoms with Gasteiger partial charge in [-0.1, -0.05) is 24.3 Å². The van der Waals surface area contributed by atoms with Crippen molar-refractivity contribution in [1.82, 2.24) is 5.32 Å². The molecule has 7 heteroatoms. The molecule has 0 aliphatic carbocycles. The smallest absolute Gasteiger partial charge is 0.329 e. The number of phenolic OH excluding ortho intramolecular Hbond substituents is 1. The van der Waals surface area contributed by atoms with Crippen LogP contribution in [0.1, 0.15) is 54.0 Å². The number of carbonyl (C=O) groups is 3. The summed E-state index contributed by atoms with van der Waals surface area (Å²) in [5.41, 5.74) is 1.10. The fourth-order valence-electron chi connectivity index (χ4n) is 3.11. The molecule has 1 heterocycles. The molecule has 162 valence electrons. The van der Waals surface area contributed by atoms with Crippen molar-refractivity contribution in [3.63, 3.8) is 0 Å². The van der Waals surface area contributed by atoms with Gasteiger partial charge in [-0.3, -0.25) is 9.59 Å². The summed E-state index contributed by atoms with van der Waals surface area (Å²) >= 11 is 1.34. The summed E-state index contributed by atoms with van der Waals surface area (Å²) in [6, 6.07) is 10.8. The third-order valence-electron chi connectivity index (χ3n) is 4.60. The van der Waals surface area contributed by atoms with Crippen LogP contribution in [0, 0.1) is 0 Å². The van der Waals surface area contributed by atoms with Crippen molar-refractivity contribution >= 4 is 39.1 Å². The maximum atomic E-state index is 13.0. The number of hydrogen-bond donors (Lipinski definition) is 2. The summed E-state index contributed by atoms with van der Waals surface area (Å²) in [6.07, 6.45) is 0.224. The largest absolute Gasteiger partial charge is 0.508 e. The Morgan fingerprint density at radius 2 is 1.77 bits per heavy atom. The number of ketones is 1. The molecule has 1 atom stereocenters. The minimum Gasteiger partial charge on any atom is -0.508 e. The molecular formula is C24H25NO5S. The van der Waals surface area contributed by atoms with Crippen LogP contribution >= 0.6 is 11.3 Å². The summed E-state index contributed by atoms with van der Waals surface area (Å²) in [6.45, 7) is 6.79. The zero-order chi connectivity index (χ0) is 22.8. The Balaban J connectivity index is 1.85. The third kappa shape index (κ3) is 5.70. The van der Waals surface area contributed by atoms with E-state index in [-0.39, 0.29) is 18.0 Å². The Bertz CT molecular complexity index is 1130. The van der Waals surface area contributed by atoms with Crippen molar-refractivity contribution < 1.29 is 24.2 Å². The van der Waals surface area contributed by atoms with Crippen molar-refractivity contribution in [3.05, 3.63) is 64.5 Å². The van der Waals surface area contributed by atoms with Gasteiger partial charge in [-0.25, -0.2) is 4.79 Å². The number of Topliss-reactive ketones (excluding diaryl/α,β-unsaturated/α-hetero) is 1. The molecule has 0 saturated carbocycles. The molecule has 0 aliphatic heterocycles. The van der Waals surface area contributed by atoms with Gasteiger partial charge in [0.15, 0.2) is 5.78 Å². The molecule has 0 fully saturated rings. The highest BCUT2D eigenvalue weighted by Crippen LogP contribution is 2.29. The zero-order valence-electron chi connectivity index (χ0n) is 17.9. The van der Waals surface area contributed by atoms with E-state index >= 15 is 0 Å². The average Bonchev–Trinajstić information content (AvgIpc) is 3.09. The topological polar surface area (TPSA) is 92.7 Å². The third-order valence-corrected chi connectivity index (χ3v) is 5.55.